The van der Waals surface area contributed by atoms with Crippen LogP contribution in [0, 0.1) is 13.8 Å². The summed E-state index contributed by atoms with van der Waals surface area (Å²) in [5, 5.41) is 0.777. The number of aromatic nitrogens is 2. The fourth-order valence-electron chi connectivity index (χ4n) is 1.82. The minimum atomic E-state index is -0.338. The number of carbonyl (C=O) groups is 1. The SMILES string of the molecule is Cc1cc(C)cc(-n2ccnc2SCC(N)=O)c1. The summed E-state index contributed by atoms with van der Waals surface area (Å²) in [6.45, 7) is 4.12. The van der Waals surface area contributed by atoms with Gasteiger partial charge in [0.1, 0.15) is 0 Å². The Morgan fingerprint density at radius 2 is 2.00 bits per heavy atom. The number of hydrogen-bond acceptors (Lipinski definition) is 3. The van der Waals surface area contributed by atoms with Crippen molar-refractivity contribution in [2.45, 2.75) is 19.0 Å². The summed E-state index contributed by atoms with van der Waals surface area (Å²) in [4.78, 5) is 15.1. The van der Waals surface area contributed by atoms with Crippen LogP contribution in [0.1, 0.15) is 11.1 Å². The van der Waals surface area contributed by atoms with Crippen LogP contribution >= 0.6 is 11.8 Å². The smallest absolute Gasteiger partial charge is 0.227 e. The first-order valence-corrected chi connectivity index (χ1v) is 6.58. The van der Waals surface area contributed by atoms with Crippen molar-refractivity contribution in [2.75, 3.05) is 5.75 Å². The maximum Gasteiger partial charge on any atom is 0.227 e. The number of imidazole rings is 1. The number of thioether (sulfide) groups is 1. The molecule has 4 nitrogen and oxygen atoms in total. The summed E-state index contributed by atoms with van der Waals surface area (Å²) < 4.78 is 1.97. The highest BCUT2D eigenvalue weighted by atomic mass is 32.2. The molecule has 0 aliphatic rings. The molecule has 0 aliphatic carbocycles. The minimum absolute atomic E-state index is 0.238. The standard InChI is InChI=1S/C13H15N3OS/c1-9-5-10(2)7-11(6-9)16-4-3-15-13(16)18-8-12(14)17/h3-7H,8H2,1-2H3,(H2,14,17). The lowest BCUT2D eigenvalue weighted by atomic mass is 10.1. The topological polar surface area (TPSA) is 60.9 Å². The van der Waals surface area contributed by atoms with Crippen LogP contribution in [0.15, 0.2) is 35.7 Å². The molecule has 0 aliphatic heterocycles. The second-order valence-electron chi connectivity index (χ2n) is 4.18. The summed E-state index contributed by atoms with van der Waals surface area (Å²) >= 11 is 1.35. The Balaban J connectivity index is 2.33. The highest BCUT2D eigenvalue weighted by Gasteiger charge is 2.07. The highest BCUT2D eigenvalue weighted by Crippen LogP contribution is 2.21. The van der Waals surface area contributed by atoms with Gasteiger partial charge in [0, 0.05) is 18.1 Å². The van der Waals surface area contributed by atoms with E-state index in [4.69, 9.17) is 5.73 Å². The molecule has 1 amide bonds. The summed E-state index contributed by atoms with van der Waals surface area (Å²) in [6.07, 6.45) is 3.61. The van der Waals surface area contributed by atoms with Crippen LogP contribution in [0.25, 0.3) is 5.69 Å². The van der Waals surface area contributed by atoms with Crippen molar-refractivity contribution in [1.82, 2.24) is 9.55 Å². The van der Waals surface area contributed by atoms with E-state index in [1.807, 2.05) is 10.8 Å². The molecule has 1 heterocycles. The van der Waals surface area contributed by atoms with Gasteiger partial charge in [-0.2, -0.15) is 0 Å². The van der Waals surface area contributed by atoms with Gasteiger partial charge in [-0.15, -0.1) is 0 Å². The first kappa shape index (κ1) is 12.7. The number of hydrogen-bond donors (Lipinski definition) is 1. The molecular formula is C13H15N3OS. The van der Waals surface area contributed by atoms with Gasteiger partial charge in [0.15, 0.2) is 5.16 Å². The molecule has 0 saturated heterocycles. The first-order valence-electron chi connectivity index (χ1n) is 5.59. The van der Waals surface area contributed by atoms with E-state index in [1.54, 1.807) is 6.20 Å². The largest absolute Gasteiger partial charge is 0.369 e. The van der Waals surface area contributed by atoms with E-state index in [-0.39, 0.29) is 11.7 Å². The van der Waals surface area contributed by atoms with Crippen molar-refractivity contribution < 1.29 is 4.79 Å². The quantitative estimate of drug-likeness (QED) is 0.857. The Bertz CT molecular complexity index is 557. The molecule has 18 heavy (non-hydrogen) atoms. The number of nitrogens with two attached hydrogens (primary N) is 1. The monoisotopic (exact) mass is 261 g/mol. The average molecular weight is 261 g/mol. The van der Waals surface area contributed by atoms with Crippen molar-refractivity contribution in [3.63, 3.8) is 0 Å². The lowest BCUT2D eigenvalue weighted by Crippen LogP contribution is -2.13. The zero-order chi connectivity index (χ0) is 13.1. The predicted octanol–water partition coefficient (Wildman–Crippen LogP) is 2.07. The van der Waals surface area contributed by atoms with E-state index in [1.165, 1.54) is 22.9 Å². The summed E-state index contributed by atoms with van der Waals surface area (Å²) in [5.41, 5.74) is 8.60. The van der Waals surface area contributed by atoms with E-state index in [9.17, 15) is 4.79 Å². The van der Waals surface area contributed by atoms with Gasteiger partial charge in [-0.1, -0.05) is 17.8 Å². The molecule has 1 aromatic heterocycles. The highest BCUT2D eigenvalue weighted by molar-refractivity contribution is 7.99. The zero-order valence-corrected chi connectivity index (χ0v) is 11.2. The molecular weight excluding hydrogens is 246 g/mol. The summed E-state index contributed by atoms with van der Waals surface area (Å²) in [7, 11) is 0. The third kappa shape index (κ3) is 2.92. The van der Waals surface area contributed by atoms with Crippen molar-refractivity contribution in [3.8, 4) is 5.69 Å². The first-order chi connectivity index (χ1) is 8.56. The van der Waals surface area contributed by atoms with Crippen LogP contribution in [-0.4, -0.2) is 21.2 Å². The van der Waals surface area contributed by atoms with Crippen LogP contribution in [0.4, 0.5) is 0 Å². The van der Waals surface area contributed by atoms with Crippen LogP contribution < -0.4 is 5.73 Å². The fraction of sp³-hybridized carbons (Fsp3) is 0.231. The molecule has 2 aromatic rings. The number of benzene rings is 1. The molecule has 94 valence electrons. The zero-order valence-electron chi connectivity index (χ0n) is 10.4. The summed E-state index contributed by atoms with van der Waals surface area (Å²) in [6, 6.07) is 6.29. The van der Waals surface area contributed by atoms with Gasteiger partial charge in [-0.05, 0) is 37.1 Å². The Hall–Kier alpha value is -1.75. The van der Waals surface area contributed by atoms with E-state index in [2.05, 4.69) is 37.0 Å². The van der Waals surface area contributed by atoms with Gasteiger partial charge >= 0.3 is 0 Å². The van der Waals surface area contributed by atoms with Crippen LogP contribution in [-0.2, 0) is 4.79 Å². The number of amides is 1. The van der Waals surface area contributed by atoms with Crippen molar-refractivity contribution in [2.24, 2.45) is 5.73 Å². The Morgan fingerprint density at radius 1 is 1.33 bits per heavy atom. The number of carbonyl (C=O) groups excluding carboxylic acids is 1. The van der Waals surface area contributed by atoms with Crippen LogP contribution in [0.5, 0.6) is 0 Å². The van der Waals surface area contributed by atoms with Gasteiger partial charge < -0.3 is 5.73 Å². The Kier molecular flexibility index (Phi) is 3.72. The number of primary amides is 1. The molecule has 0 saturated carbocycles. The lowest BCUT2D eigenvalue weighted by Gasteiger charge is -2.09. The number of nitrogens with zero attached hydrogens (tertiary/aromatic N) is 2. The number of aryl methyl sites for hydroxylation is 2. The average Bonchev–Trinajstić information content (AvgIpc) is 2.72. The van der Waals surface area contributed by atoms with Gasteiger partial charge in [-0.3, -0.25) is 9.36 Å². The molecule has 0 fully saturated rings. The maximum absolute atomic E-state index is 10.8. The number of rotatable bonds is 4. The normalized spacial score (nSPS) is 10.6. The van der Waals surface area contributed by atoms with E-state index < -0.39 is 0 Å². The predicted molar refractivity (Wildman–Crippen MR) is 73.0 cm³/mol. The third-order valence-corrected chi connectivity index (χ3v) is 3.42. The molecule has 5 heteroatoms. The molecule has 2 N–H and O–H groups in total. The molecule has 0 atom stereocenters. The molecule has 0 radical (unpaired) electrons. The van der Waals surface area contributed by atoms with Gasteiger partial charge in [0.05, 0.1) is 5.75 Å². The van der Waals surface area contributed by atoms with Crippen molar-refractivity contribution in [1.29, 1.82) is 0 Å². The molecule has 1 aromatic carbocycles. The fourth-order valence-corrected chi connectivity index (χ4v) is 2.53. The van der Waals surface area contributed by atoms with Gasteiger partial charge in [-0.25, -0.2) is 4.98 Å². The van der Waals surface area contributed by atoms with Gasteiger partial charge in [0.25, 0.3) is 0 Å². The molecule has 0 unspecified atom stereocenters. The minimum Gasteiger partial charge on any atom is -0.369 e. The van der Waals surface area contributed by atoms with Crippen LogP contribution in [0.2, 0.25) is 0 Å². The lowest BCUT2D eigenvalue weighted by molar-refractivity contribution is -0.115. The Labute approximate surface area is 110 Å². The molecule has 0 spiro atoms. The second-order valence-corrected chi connectivity index (χ2v) is 5.12. The van der Waals surface area contributed by atoms with E-state index in [0.717, 1.165) is 10.8 Å². The molecule has 2 rings (SSSR count). The van der Waals surface area contributed by atoms with Crippen molar-refractivity contribution in [3.05, 3.63) is 41.7 Å². The van der Waals surface area contributed by atoms with Crippen LogP contribution in [0.3, 0.4) is 0 Å². The second kappa shape index (κ2) is 5.27. The third-order valence-electron chi connectivity index (χ3n) is 2.43. The van der Waals surface area contributed by atoms with E-state index in [0.29, 0.717) is 0 Å². The molecule has 0 bridgehead atoms. The van der Waals surface area contributed by atoms with Crippen molar-refractivity contribution >= 4 is 17.7 Å². The maximum atomic E-state index is 10.8. The van der Waals surface area contributed by atoms with Gasteiger partial charge in [0.2, 0.25) is 5.91 Å². The van der Waals surface area contributed by atoms with E-state index >= 15 is 0 Å². The Morgan fingerprint density at radius 3 is 2.61 bits per heavy atom. The summed E-state index contributed by atoms with van der Waals surface area (Å²) in [5.74, 6) is -0.100.